The maximum Gasteiger partial charge on any atom is 0.287 e. The number of rotatable bonds is 6. The van der Waals surface area contributed by atoms with E-state index in [1.54, 1.807) is 31.2 Å². The van der Waals surface area contributed by atoms with Gasteiger partial charge < -0.3 is 9.64 Å². The summed E-state index contributed by atoms with van der Waals surface area (Å²) in [5, 5.41) is 11.4. The summed E-state index contributed by atoms with van der Waals surface area (Å²) in [7, 11) is 1.87. The van der Waals surface area contributed by atoms with E-state index in [9.17, 15) is 10.1 Å². The smallest absolute Gasteiger partial charge is 0.287 e. The third kappa shape index (κ3) is 4.08. The highest BCUT2D eigenvalue weighted by Crippen LogP contribution is 2.21. The molecule has 0 N–H and O–H groups in total. The van der Waals surface area contributed by atoms with Crippen molar-refractivity contribution in [1.29, 1.82) is 0 Å². The number of nitrogens with zero attached hydrogens (tertiary/aromatic N) is 3. The summed E-state index contributed by atoms with van der Waals surface area (Å²) in [5.74, 6) is 1.44. The number of aromatic nitrogens is 1. The standard InChI is InChI=1S/C15H16ClN3O3/c1-11-9-13(19(20)21)10-17-15(11)18(2)7-8-22-14-5-3-12(16)4-6-14/h3-6,9-10H,7-8H2,1-2H3. The Bertz CT molecular complexity index is 662. The second-order valence-electron chi connectivity index (χ2n) is 4.82. The first-order chi connectivity index (χ1) is 10.5. The van der Waals surface area contributed by atoms with Crippen molar-refractivity contribution < 1.29 is 9.66 Å². The van der Waals surface area contributed by atoms with Crippen molar-refractivity contribution >= 4 is 23.1 Å². The van der Waals surface area contributed by atoms with Crippen LogP contribution in [0.25, 0.3) is 0 Å². The molecule has 0 spiro atoms. The van der Waals surface area contributed by atoms with Gasteiger partial charge in [-0.25, -0.2) is 4.98 Å². The molecule has 22 heavy (non-hydrogen) atoms. The fourth-order valence-electron chi connectivity index (χ4n) is 1.99. The summed E-state index contributed by atoms with van der Waals surface area (Å²) in [5.41, 5.74) is 0.746. The van der Waals surface area contributed by atoms with Gasteiger partial charge in [0.25, 0.3) is 5.69 Å². The van der Waals surface area contributed by atoms with E-state index in [2.05, 4.69) is 4.98 Å². The molecule has 0 bridgehead atoms. The molecule has 0 radical (unpaired) electrons. The molecule has 0 fully saturated rings. The number of aryl methyl sites for hydroxylation is 1. The summed E-state index contributed by atoms with van der Waals surface area (Å²) >= 11 is 5.81. The molecule has 1 aromatic heterocycles. The van der Waals surface area contributed by atoms with E-state index in [4.69, 9.17) is 16.3 Å². The van der Waals surface area contributed by atoms with Crippen molar-refractivity contribution in [2.24, 2.45) is 0 Å². The van der Waals surface area contributed by atoms with E-state index in [1.165, 1.54) is 12.3 Å². The summed E-state index contributed by atoms with van der Waals surface area (Å²) in [6.45, 7) is 2.87. The molecule has 2 aromatic rings. The summed E-state index contributed by atoms with van der Waals surface area (Å²) < 4.78 is 5.62. The van der Waals surface area contributed by atoms with Crippen molar-refractivity contribution in [1.82, 2.24) is 4.98 Å². The van der Waals surface area contributed by atoms with E-state index in [0.717, 1.165) is 11.3 Å². The normalized spacial score (nSPS) is 10.3. The zero-order valence-electron chi connectivity index (χ0n) is 12.3. The van der Waals surface area contributed by atoms with Gasteiger partial charge in [-0.3, -0.25) is 10.1 Å². The number of pyridine rings is 1. The Labute approximate surface area is 133 Å². The SMILES string of the molecule is Cc1cc([N+](=O)[O-])cnc1N(C)CCOc1ccc(Cl)cc1. The molecule has 0 aliphatic heterocycles. The number of hydrogen-bond donors (Lipinski definition) is 0. The molecular weight excluding hydrogens is 306 g/mol. The first-order valence-electron chi connectivity index (χ1n) is 6.68. The van der Waals surface area contributed by atoms with Crippen molar-refractivity contribution in [2.75, 3.05) is 25.1 Å². The highest BCUT2D eigenvalue weighted by molar-refractivity contribution is 6.30. The van der Waals surface area contributed by atoms with Crippen LogP contribution < -0.4 is 9.64 Å². The highest BCUT2D eigenvalue weighted by atomic mass is 35.5. The van der Waals surface area contributed by atoms with Crippen LogP contribution >= 0.6 is 11.6 Å². The highest BCUT2D eigenvalue weighted by Gasteiger charge is 2.12. The molecule has 0 saturated carbocycles. The largest absolute Gasteiger partial charge is 0.492 e. The zero-order chi connectivity index (χ0) is 16.1. The van der Waals surface area contributed by atoms with E-state index in [-0.39, 0.29) is 5.69 Å². The van der Waals surface area contributed by atoms with Gasteiger partial charge >= 0.3 is 0 Å². The summed E-state index contributed by atoms with van der Waals surface area (Å²) in [6.07, 6.45) is 1.26. The Morgan fingerprint density at radius 3 is 2.64 bits per heavy atom. The number of benzene rings is 1. The summed E-state index contributed by atoms with van der Waals surface area (Å²) in [4.78, 5) is 16.3. The van der Waals surface area contributed by atoms with Gasteiger partial charge in [0.2, 0.25) is 0 Å². The average molecular weight is 322 g/mol. The Hall–Kier alpha value is -2.34. The van der Waals surface area contributed by atoms with Crippen LogP contribution in [0.4, 0.5) is 11.5 Å². The first kappa shape index (κ1) is 16.0. The number of ether oxygens (including phenoxy) is 1. The molecule has 0 amide bonds. The van der Waals surface area contributed by atoms with E-state index < -0.39 is 4.92 Å². The molecule has 116 valence electrons. The fraction of sp³-hybridized carbons (Fsp3) is 0.267. The number of hydrogen-bond acceptors (Lipinski definition) is 5. The van der Waals surface area contributed by atoms with E-state index in [0.29, 0.717) is 24.0 Å². The van der Waals surface area contributed by atoms with Crippen LogP contribution in [0.3, 0.4) is 0 Å². The minimum absolute atomic E-state index is 0.00735. The van der Waals surface area contributed by atoms with Crippen molar-refractivity contribution in [2.45, 2.75) is 6.92 Å². The topological polar surface area (TPSA) is 68.5 Å². The molecule has 7 heteroatoms. The van der Waals surface area contributed by atoms with Gasteiger partial charge in [-0.15, -0.1) is 0 Å². The van der Waals surface area contributed by atoms with Crippen molar-refractivity contribution in [3.8, 4) is 5.75 Å². The Kier molecular flexibility index (Phi) is 5.16. The Morgan fingerprint density at radius 1 is 1.36 bits per heavy atom. The van der Waals surface area contributed by atoms with Gasteiger partial charge in [-0.1, -0.05) is 11.6 Å². The van der Waals surface area contributed by atoms with Crippen LogP contribution in [0.1, 0.15) is 5.56 Å². The lowest BCUT2D eigenvalue weighted by Crippen LogP contribution is -2.25. The first-order valence-corrected chi connectivity index (χ1v) is 7.05. The molecule has 0 unspecified atom stereocenters. The molecule has 6 nitrogen and oxygen atoms in total. The van der Waals surface area contributed by atoms with Crippen LogP contribution in [-0.4, -0.2) is 30.1 Å². The minimum atomic E-state index is -0.451. The molecule has 1 heterocycles. The quantitative estimate of drug-likeness (QED) is 0.602. The van der Waals surface area contributed by atoms with Gasteiger partial charge in [0.15, 0.2) is 0 Å². The third-order valence-corrected chi connectivity index (χ3v) is 3.37. The number of halogens is 1. The van der Waals surface area contributed by atoms with Crippen LogP contribution in [0.5, 0.6) is 5.75 Å². The lowest BCUT2D eigenvalue weighted by Gasteiger charge is -2.20. The molecule has 1 aromatic carbocycles. The molecule has 0 saturated heterocycles. The van der Waals surface area contributed by atoms with Crippen LogP contribution in [-0.2, 0) is 0 Å². The average Bonchev–Trinajstić information content (AvgIpc) is 2.49. The number of likely N-dealkylation sites (N-methyl/N-ethyl adjacent to an activating group) is 1. The predicted molar refractivity (Wildman–Crippen MR) is 85.8 cm³/mol. The maximum absolute atomic E-state index is 10.7. The maximum atomic E-state index is 10.7. The molecular formula is C15H16ClN3O3. The Balaban J connectivity index is 1.93. The second-order valence-corrected chi connectivity index (χ2v) is 5.25. The third-order valence-electron chi connectivity index (χ3n) is 3.12. The minimum Gasteiger partial charge on any atom is -0.492 e. The Morgan fingerprint density at radius 2 is 2.05 bits per heavy atom. The van der Waals surface area contributed by atoms with E-state index in [1.807, 2.05) is 11.9 Å². The van der Waals surface area contributed by atoms with Gasteiger partial charge in [0, 0.05) is 18.1 Å². The van der Waals surface area contributed by atoms with E-state index >= 15 is 0 Å². The number of anilines is 1. The van der Waals surface area contributed by atoms with Gasteiger partial charge in [0.1, 0.15) is 24.4 Å². The van der Waals surface area contributed by atoms with Crippen LogP contribution in [0, 0.1) is 17.0 Å². The number of nitro groups is 1. The van der Waals surface area contributed by atoms with Gasteiger partial charge in [0.05, 0.1) is 11.5 Å². The van der Waals surface area contributed by atoms with Gasteiger partial charge in [-0.05, 0) is 36.8 Å². The monoisotopic (exact) mass is 321 g/mol. The van der Waals surface area contributed by atoms with Gasteiger partial charge in [-0.2, -0.15) is 0 Å². The van der Waals surface area contributed by atoms with Crippen LogP contribution in [0.15, 0.2) is 36.5 Å². The summed E-state index contributed by atoms with van der Waals surface area (Å²) in [6, 6.07) is 8.65. The van der Waals surface area contributed by atoms with Crippen molar-refractivity contribution in [3.05, 3.63) is 57.2 Å². The molecule has 0 aliphatic carbocycles. The van der Waals surface area contributed by atoms with Crippen LogP contribution in [0.2, 0.25) is 5.02 Å². The molecule has 0 aliphatic rings. The molecule has 0 atom stereocenters. The fourth-order valence-corrected chi connectivity index (χ4v) is 2.12. The lowest BCUT2D eigenvalue weighted by molar-refractivity contribution is -0.385. The zero-order valence-corrected chi connectivity index (χ0v) is 13.1. The molecule has 2 rings (SSSR count). The lowest BCUT2D eigenvalue weighted by atomic mass is 10.2. The van der Waals surface area contributed by atoms with Crippen molar-refractivity contribution in [3.63, 3.8) is 0 Å². The predicted octanol–water partition coefficient (Wildman–Crippen LogP) is 3.47. The second kappa shape index (κ2) is 7.09.